The van der Waals surface area contributed by atoms with Crippen molar-refractivity contribution in [2.45, 2.75) is 0 Å². The highest BCUT2D eigenvalue weighted by molar-refractivity contribution is 5.83. The minimum Gasteiger partial charge on any atom is -0.506 e. The maximum absolute atomic E-state index is 9.25. The first kappa shape index (κ1) is 6.68. The van der Waals surface area contributed by atoms with E-state index in [0.29, 0.717) is 5.52 Å². The molecule has 1 aromatic carbocycles. The van der Waals surface area contributed by atoms with Gasteiger partial charge in [-0.2, -0.15) is 5.26 Å². The molecule has 0 spiro atoms. The third-order valence-corrected chi connectivity index (χ3v) is 1.68. The van der Waals surface area contributed by atoms with Crippen molar-refractivity contribution in [3.8, 4) is 11.8 Å². The molecule has 0 amide bonds. The van der Waals surface area contributed by atoms with E-state index in [1.165, 1.54) is 12.4 Å². The number of phenolic OH excluding ortho intramolecular Hbond substituents is 1. The summed E-state index contributed by atoms with van der Waals surface area (Å²) in [6.45, 7) is 0. The Bertz CT molecular complexity index is 467. The molecular formula is C8H5N3O. The van der Waals surface area contributed by atoms with Crippen LogP contribution < -0.4 is 0 Å². The minimum absolute atomic E-state index is 0.0305. The first-order valence-electron chi connectivity index (χ1n) is 3.38. The number of fused-ring (bicyclic) bond motifs is 1. The summed E-state index contributed by atoms with van der Waals surface area (Å²) in [4.78, 5) is 6.76. The smallest absolute Gasteiger partial charge is 0.135 e. The fourth-order valence-corrected chi connectivity index (χ4v) is 1.11. The monoisotopic (exact) mass is 159 g/mol. The molecule has 2 rings (SSSR count). The molecule has 2 aromatic rings. The van der Waals surface area contributed by atoms with Gasteiger partial charge in [0.1, 0.15) is 22.9 Å². The number of nitrogens with one attached hydrogen (secondary N) is 1. The number of nitriles is 1. The zero-order valence-electron chi connectivity index (χ0n) is 6.07. The van der Waals surface area contributed by atoms with Crippen molar-refractivity contribution >= 4 is 11.0 Å². The number of rotatable bonds is 0. The van der Waals surface area contributed by atoms with E-state index < -0.39 is 0 Å². The SMILES string of the molecule is N#Cc1c(O)ccc2[nH]cnc12. The maximum atomic E-state index is 9.25. The molecule has 1 aromatic heterocycles. The van der Waals surface area contributed by atoms with E-state index >= 15 is 0 Å². The van der Waals surface area contributed by atoms with Crippen molar-refractivity contribution in [1.82, 2.24) is 9.97 Å². The molecule has 4 heteroatoms. The zero-order valence-corrected chi connectivity index (χ0v) is 6.07. The molecule has 0 saturated heterocycles. The lowest BCUT2D eigenvalue weighted by Gasteiger charge is -1.94. The van der Waals surface area contributed by atoms with Crippen molar-refractivity contribution in [3.05, 3.63) is 24.0 Å². The van der Waals surface area contributed by atoms with E-state index in [1.54, 1.807) is 6.07 Å². The van der Waals surface area contributed by atoms with Crippen molar-refractivity contribution in [1.29, 1.82) is 5.26 Å². The molecule has 4 nitrogen and oxygen atoms in total. The second kappa shape index (κ2) is 2.24. The molecule has 0 saturated carbocycles. The number of H-pyrrole nitrogens is 1. The molecule has 58 valence electrons. The number of benzene rings is 1. The number of imidazole rings is 1. The highest BCUT2D eigenvalue weighted by Gasteiger charge is 2.06. The van der Waals surface area contributed by atoms with E-state index in [4.69, 9.17) is 5.26 Å². The van der Waals surface area contributed by atoms with Crippen LogP contribution >= 0.6 is 0 Å². The van der Waals surface area contributed by atoms with Crippen LogP contribution in [0.4, 0.5) is 0 Å². The van der Waals surface area contributed by atoms with Gasteiger partial charge in [0.25, 0.3) is 0 Å². The Morgan fingerprint density at radius 1 is 1.50 bits per heavy atom. The fourth-order valence-electron chi connectivity index (χ4n) is 1.11. The van der Waals surface area contributed by atoms with Crippen LogP contribution in [-0.4, -0.2) is 15.1 Å². The number of aromatic amines is 1. The van der Waals surface area contributed by atoms with Gasteiger partial charge in [0, 0.05) is 0 Å². The number of hydrogen-bond donors (Lipinski definition) is 2. The summed E-state index contributed by atoms with van der Waals surface area (Å²) >= 11 is 0. The summed E-state index contributed by atoms with van der Waals surface area (Å²) in [6.07, 6.45) is 1.49. The number of nitrogens with zero attached hydrogens (tertiary/aromatic N) is 2. The first-order chi connectivity index (χ1) is 5.83. The van der Waals surface area contributed by atoms with Gasteiger partial charge in [0.15, 0.2) is 0 Å². The molecule has 2 N–H and O–H groups in total. The zero-order chi connectivity index (χ0) is 8.55. The second-order valence-corrected chi connectivity index (χ2v) is 2.37. The Balaban J connectivity index is 2.94. The third-order valence-electron chi connectivity index (χ3n) is 1.68. The molecule has 0 atom stereocenters. The molecule has 0 aliphatic carbocycles. The minimum atomic E-state index is -0.0305. The van der Waals surface area contributed by atoms with Gasteiger partial charge >= 0.3 is 0 Å². The normalized spacial score (nSPS) is 9.92. The van der Waals surface area contributed by atoms with E-state index in [9.17, 15) is 5.11 Å². The van der Waals surface area contributed by atoms with Crippen LogP contribution in [0.1, 0.15) is 5.56 Å². The van der Waals surface area contributed by atoms with Crippen molar-refractivity contribution in [2.24, 2.45) is 0 Å². The first-order valence-corrected chi connectivity index (χ1v) is 3.38. The Morgan fingerprint density at radius 3 is 3.08 bits per heavy atom. The Kier molecular flexibility index (Phi) is 1.25. The molecule has 0 radical (unpaired) electrons. The summed E-state index contributed by atoms with van der Waals surface area (Å²) in [6, 6.07) is 5.04. The van der Waals surface area contributed by atoms with Gasteiger partial charge in [-0.3, -0.25) is 0 Å². The van der Waals surface area contributed by atoms with Gasteiger partial charge in [0.2, 0.25) is 0 Å². The van der Waals surface area contributed by atoms with Crippen LogP contribution in [0.3, 0.4) is 0 Å². The van der Waals surface area contributed by atoms with Crippen molar-refractivity contribution in [2.75, 3.05) is 0 Å². The lowest BCUT2D eigenvalue weighted by Crippen LogP contribution is -1.79. The van der Waals surface area contributed by atoms with E-state index in [-0.39, 0.29) is 11.3 Å². The van der Waals surface area contributed by atoms with Gasteiger partial charge in [-0.05, 0) is 12.1 Å². The lowest BCUT2D eigenvalue weighted by molar-refractivity contribution is 0.474. The molecule has 0 bridgehead atoms. The average Bonchev–Trinajstić information content (AvgIpc) is 2.52. The molecule has 0 aliphatic rings. The van der Waals surface area contributed by atoms with Gasteiger partial charge in [-0.1, -0.05) is 0 Å². The number of aromatic hydroxyl groups is 1. The lowest BCUT2D eigenvalue weighted by atomic mass is 10.2. The second-order valence-electron chi connectivity index (χ2n) is 2.37. The van der Waals surface area contributed by atoms with Crippen molar-refractivity contribution < 1.29 is 5.11 Å². The van der Waals surface area contributed by atoms with Gasteiger partial charge in [-0.15, -0.1) is 0 Å². The molecular weight excluding hydrogens is 154 g/mol. The quantitative estimate of drug-likeness (QED) is 0.605. The van der Waals surface area contributed by atoms with Crippen LogP contribution in [-0.2, 0) is 0 Å². The summed E-state index contributed by atoms with van der Waals surface area (Å²) in [7, 11) is 0. The van der Waals surface area contributed by atoms with Crippen LogP contribution in [0, 0.1) is 11.3 Å². The summed E-state index contributed by atoms with van der Waals surface area (Å²) < 4.78 is 0. The number of aromatic nitrogens is 2. The summed E-state index contributed by atoms with van der Waals surface area (Å²) in [5, 5.41) is 17.9. The Morgan fingerprint density at radius 2 is 2.33 bits per heavy atom. The predicted molar refractivity (Wildman–Crippen MR) is 42.5 cm³/mol. The van der Waals surface area contributed by atoms with E-state index in [1.807, 2.05) is 6.07 Å². The van der Waals surface area contributed by atoms with Crippen LogP contribution in [0.2, 0.25) is 0 Å². The average molecular weight is 159 g/mol. The molecule has 12 heavy (non-hydrogen) atoms. The van der Waals surface area contributed by atoms with Gasteiger partial charge in [0.05, 0.1) is 11.8 Å². The summed E-state index contributed by atoms with van der Waals surface area (Å²) in [5.74, 6) is -0.0305. The fraction of sp³-hybridized carbons (Fsp3) is 0. The van der Waals surface area contributed by atoms with Crippen LogP contribution in [0.5, 0.6) is 5.75 Å². The molecule has 0 unspecified atom stereocenters. The maximum Gasteiger partial charge on any atom is 0.135 e. The topological polar surface area (TPSA) is 72.7 Å². The molecule has 0 aliphatic heterocycles. The van der Waals surface area contributed by atoms with E-state index in [0.717, 1.165) is 5.52 Å². The molecule has 0 fully saturated rings. The van der Waals surface area contributed by atoms with Crippen molar-refractivity contribution in [3.63, 3.8) is 0 Å². The number of hydrogen-bond acceptors (Lipinski definition) is 3. The standard InChI is InChI=1S/C8H5N3O/c9-3-5-7(12)2-1-6-8(5)11-4-10-6/h1-2,4,12H,(H,10,11). The van der Waals surface area contributed by atoms with Crippen LogP contribution in [0.25, 0.3) is 11.0 Å². The number of phenols is 1. The molecule has 1 heterocycles. The predicted octanol–water partition coefficient (Wildman–Crippen LogP) is 1.14. The van der Waals surface area contributed by atoms with Gasteiger partial charge < -0.3 is 10.1 Å². The Hall–Kier alpha value is -2.02. The third kappa shape index (κ3) is 0.736. The highest BCUT2D eigenvalue weighted by atomic mass is 16.3. The summed E-state index contributed by atoms with van der Waals surface area (Å²) in [5.41, 5.74) is 1.48. The largest absolute Gasteiger partial charge is 0.506 e. The highest BCUT2D eigenvalue weighted by Crippen LogP contribution is 2.23. The van der Waals surface area contributed by atoms with Gasteiger partial charge in [-0.25, -0.2) is 4.98 Å². The Labute approximate surface area is 68.1 Å². The van der Waals surface area contributed by atoms with E-state index in [2.05, 4.69) is 9.97 Å². The van der Waals surface area contributed by atoms with Crippen LogP contribution in [0.15, 0.2) is 18.5 Å².